The maximum Gasteiger partial charge on any atom is 0.246 e. The quantitative estimate of drug-likeness (QED) is 0.843. The zero-order valence-electron chi connectivity index (χ0n) is 13.2. The predicted octanol–water partition coefficient (Wildman–Crippen LogP) is 3.80. The minimum absolute atomic E-state index is 0.165. The molecule has 2 aromatic carbocycles. The Balaban J connectivity index is 1.97. The van der Waals surface area contributed by atoms with Gasteiger partial charge in [-0.3, -0.25) is 4.79 Å². The number of halogens is 1. The van der Waals surface area contributed by atoms with Crippen molar-refractivity contribution in [2.24, 2.45) is 0 Å². The van der Waals surface area contributed by atoms with E-state index in [-0.39, 0.29) is 5.91 Å². The van der Waals surface area contributed by atoms with Crippen LogP contribution < -0.4 is 20.1 Å². The van der Waals surface area contributed by atoms with E-state index >= 15 is 0 Å². The summed E-state index contributed by atoms with van der Waals surface area (Å²) in [6.45, 7) is 1.78. The van der Waals surface area contributed by atoms with Crippen molar-refractivity contribution in [1.29, 1.82) is 0 Å². The highest BCUT2D eigenvalue weighted by molar-refractivity contribution is 6.32. The lowest BCUT2D eigenvalue weighted by molar-refractivity contribution is -0.116. The minimum Gasteiger partial charge on any atom is -0.497 e. The molecule has 5 nitrogen and oxygen atoms in total. The second-order valence-electron chi connectivity index (χ2n) is 4.93. The zero-order chi connectivity index (χ0) is 16.8. The van der Waals surface area contributed by atoms with Gasteiger partial charge >= 0.3 is 0 Å². The number of methoxy groups -OCH3 is 2. The fraction of sp³-hybridized carbons (Fsp3) is 0.235. The highest BCUT2D eigenvalue weighted by atomic mass is 35.5. The number of rotatable bonds is 6. The average Bonchev–Trinajstić information content (AvgIpc) is 2.55. The number of anilines is 2. The van der Waals surface area contributed by atoms with Crippen molar-refractivity contribution in [3.8, 4) is 11.5 Å². The standard InChI is InChI=1S/C17H19ClN2O3/c1-11(19-12-4-7-14(22-2)8-5-12)17(21)20-13-6-9-16(23-3)15(18)10-13/h4-11,19H,1-3H3,(H,20,21). The molecule has 2 rings (SSSR count). The van der Waals surface area contributed by atoms with Crippen molar-refractivity contribution >= 4 is 28.9 Å². The van der Waals surface area contributed by atoms with E-state index in [2.05, 4.69) is 10.6 Å². The third-order valence-electron chi connectivity index (χ3n) is 3.29. The Hall–Kier alpha value is -2.40. The molecule has 0 saturated carbocycles. The number of carbonyl (C=O) groups is 1. The Morgan fingerprint density at radius 1 is 1.04 bits per heavy atom. The number of hydrogen-bond donors (Lipinski definition) is 2. The number of benzene rings is 2. The van der Waals surface area contributed by atoms with Gasteiger partial charge in [-0.05, 0) is 49.4 Å². The first kappa shape index (κ1) is 17.0. The number of nitrogens with one attached hydrogen (secondary N) is 2. The Kier molecular flexibility index (Phi) is 5.71. The van der Waals surface area contributed by atoms with Crippen LogP contribution >= 0.6 is 11.6 Å². The minimum atomic E-state index is -0.413. The second kappa shape index (κ2) is 7.74. The third kappa shape index (κ3) is 4.53. The molecule has 0 aromatic heterocycles. The average molecular weight is 335 g/mol. The zero-order valence-corrected chi connectivity index (χ0v) is 14.0. The van der Waals surface area contributed by atoms with Crippen LogP contribution in [-0.4, -0.2) is 26.2 Å². The van der Waals surface area contributed by atoms with Gasteiger partial charge in [-0.1, -0.05) is 11.6 Å². The van der Waals surface area contributed by atoms with E-state index in [1.54, 1.807) is 39.3 Å². The molecule has 0 aliphatic rings. The Labute approximate surface area is 140 Å². The van der Waals surface area contributed by atoms with Gasteiger partial charge < -0.3 is 20.1 Å². The summed E-state index contributed by atoms with van der Waals surface area (Å²) in [5.74, 6) is 1.16. The van der Waals surface area contributed by atoms with Crippen LogP contribution in [0.1, 0.15) is 6.92 Å². The highest BCUT2D eigenvalue weighted by Gasteiger charge is 2.13. The Morgan fingerprint density at radius 2 is 1.70 bits per heavy atom. The Morgan fingerprint density at radius 3 is 2.26 bits per heavy atom. The smallest absolute Gasteiger partial charge is 0.246 e. The molecular formula is C17H19ClN2O3. The first-order chi connectivity index (χ1) is 11.0. The monoisotopic (exact) mass is 334 g/mol. The highest BCUT2D eigenvalue weighted by Crippen LogP contribution is 2.27. The van der Waals surface area contributed by atoms with E-state index in [9.17, 15) is 4.79 Å². The topological polar surface area (TPSA) is 59.6 Å². The van der Waals surface area contributed by atoms with Gasteiger partial charge in [0.15, 0.2) is 0 Å². The summed E-state index contributed by atoms with van der Waals surface area (Å²) in [7, 11) is 3.15. The summed E-state index contributed by atoms with van der Waals surface area (Å²) in [6.07, 6.45) is 0. The second-order valence-corrected chi connectivity index (χ2v) is 5.34. The van der Waals surface area contributed by atoms with Gasteiger partial charge in [0, 0.05) is 11.4 Å². The summed E-state index contributed by atoms with van der Waals surface area (Å²) in [5.41, 5.74) is 1.45. The van der Waals surface area contributed by atoms with Gasteiger partial charge in [-0.15, -0.1) is 0 Å². The number of hydrogen-bond acceptors (Lipinski definition) is 4. The van der Waals surface area contributed by atoms with Gasteiger partial charge in [0.05, 0.1) is 19.2 Å². The molecule has 0 radical (unpaired) electrons. The van der Waals surface area contributed by atoms with E-state index in [4.69, 9.17) is 21.1 Å². The summed E-state index contributed by atoms with van der Waals surface area (Å²) < 4.78 is 10.2. The lowest BCUT2D eigenvalue weighted by atomic mass is 10.2. The fourth-order valence-corrected chi connectivity index (χ4v) is 2.26. The van der Waals surface area contributed by atoms with Gasteiger partial charge in [0.2, 0.25) is 5.91 Å². The SMILES string of the molecule is COc1ccc(NC(C)C(=O)Nc2ccc(OC)c(Cl)c2)cc1. The maximum atomic E-state index is 12.2. The lowest BCUT2D eigenvalue weighted by Gasteiger charge is -2.16. The molecule has 0 bridgehead atoms. The van der Waals surface area contributed by atoms with Crippen LogP contribution in [0.5, 0.6) is 11.5 Å². The number of amides is 1. The van der Waals surface area contributed by atoms with E-state index in [1.165, 1.54) is 0 Å². The molecule has 6 heteroatoms. The molecule has 1 atom stereocenters. The van der Waals surface area contributed by atoms with Crippen LogP contribution in [0.2, 0.25) is 5.02 Å². The first-order valence-electron chi connectivity index (χ1n) is 7.08. The lowest BCUT2D eigenvalue weighted by Crippen LogP contribution is -2.31. The normalized spacial score (nSPS) is 11.5. The molecule has 0 aliphatic carbocycles. The van der Waals surface area contributed by atoms with Crippen molar-refractivity contribution in [1.82, 2.24) is 0 Å². The molecule has 1 amide bonds. The predicted molar refractivity (Wildman–Crippen MR) is 92.7 cm³/mol. The van der Waals surface area contributed by atoms with Crippen LogP contribution in [0.25, 0.3) is 0 Å². The van der Waals surface area contributed by atoms with E-state index in [0.29, 0.717) is 16.5 Å². The van der Waals surface area contributed by atoms with Crippen LogP contribution in [0, 0.1) is 0 Å². The first-order valence-corrected chi connectivity index (χ1v) is 7.46. The third-order valence-corrected chi connectivity index (χ3v) is 3.58. The molecular weight excluding hydrogens is 316 g/mol. The van der Waals surface area contributed by atoms with Crippen LogP contribution in [-0.2, 0) is 4.79 Å². The molecule has 0 fully saturated rings. The molecule has 1 unspecified atom stereocenters. The molecule has 0 saturated heterocycles. The molecule has 0 aliphatic heterocycles. The molecule has 0 heterocycles. The van der Waals surface area contributed by atoms with E-state index < -0.39 is 6.04 Å². The van der Waals surface area contributed by atoms with Crippen molar-refractivity contribution in [3.05, 3.63) is 47.5 Å². The van der Waals surface area contributed by atoms with Gasteiger partial charge in [-0.25, -0.2) is 0 Å². The van der Waals surface area contributed by atoms with Crippen molar-refractivity contribution in [3.63, 3.8) is 0 Å². The maximum absolute atomic E-state index is 12.2. The largest absolute Gasteiger partial charge is 0.497 e. The van der Waals surface area contributed by atoms with Crippen LogP contribution in [0.4, 0.5) is 11.4 Å². The van der Waals surface area contributed by atoms with Gasteiger partial charge in [-0.2, -0.15) is 0 Å². The molecule has 0 spiro atoms. The molecule has 23 heavy (non-hydrogen) atoms. The Bertz CT molecular complexity index is 674. The van der Waals surface area contributed by atoms with Crippen LogP contribution in [0.3, 0.4) is 0 Å². The number of ether oxygens (including phenoxy) is 2. The van der Waals surface area contributed by atoms with Crippen molar-refractivity contribution in [2.45, 2.75) is 13.0 Å². The van der Waals surface area contributed by atoms with E-state index in [1.807, 2.05) is 24.3 Å². The van der Waals surface area contributed by atoms with Gasteiger partial charge in [0.25, 0.3) is 0 Å². The van der Waals surface area contributed by atoms with Gasteiger partial charge in [0.1, 0.15) is 17.5 Å². The van der Waals surface area contributed by atoms with E-state index in [0.717, 1.165) is 11.4 Å². The summed E-state index contributed by atoms with van der Waals surface area (Å²) in [4.78, 5) is 12.2. The molecule has 2 aromatic rings. The molecule has 122 valence electrons. The van der Waals surface area contributed by atoms with Crippen molar-refractivity contribution in [2.75, 3.05) is 24.9 Å². The fourth-order valence-electron chi connectivity index (χ4n) is 2.00. The van der Waals surface area contributed by atoms with Crippen molar-refractivity contribution < 1.29 is 14.3 Å². The summed E-state index contributed by atoms with van der Waals surface area (Å²) in [5, 5.41) is 6.38. The van der Waals surface area contributed by atoms with Crippen LogP contribution in [0.15, 0.2) is 42.5 Å². The summed E-state index contributed by atoms with van der Waals surface area (Å²) in [6, 6.07) is 12.1. The molecule has 2 N–H and O–H groups in total. The summed E-state index contributed by atoms with van der Waals surface area (Å²) >= 11 is 6.05. The number of carbonyl (C=O) groups excluding carboxylic acids is 1.